The summed E-state index contributed by atoms with van der Waals surface area (Å²) in [5.41, 5.74) is 0. The molecule has 0 atom stereocenters. The molecule has 184 valence electrons. The van der Waals surface area contributed by atoms with Crippen LogP contribution in [0.1, 0.15) is 38.5 Å². The van der Waals surface area contributed by atoms with Crippen molar-refractivity contribution in [2.45, 2.75) is 38.5 Å². The van der Waals surface area contributed by atoms with Gasteiger partial charge in [0.15, 0.2) is 0 Å². The van der Waals surface area contributed by atoms with Gasteiger partial charge < -0.3 is 20.1 Å². The number of ether oxygens (including phenoxy) is 1. The molecule has 0 aliphatic rings. The van der Waals surface area contributed by atoms with Crippen molar-refractivity contribution in [2.75, 3.05) is 21.3 Å². The second kappa shape index (κ2) is 22.6. The van der Waals surface area contributed by atoms with Crippen molar-refractivity contribution in [1.29, 1.82) is 6.65 Å². The Morgan fingerprint density at radius 3 is 1.38 bits per heavy atom. The summed E-state index contributed by atoms with van der Waals surface area (Å²) in [4.78, 5) is 61.3. The maximum atomic E-state index is 10.7. The number of aliphatic carboxylic acids is 3. The molecular weight excluding hydrogens is 461 g/mol. The number of carboxylic acids is 3. The molecule has 0 aromatic carbocycles. The van der Waals surface area contributed by atoms with Gasteiger partial charge >= 0.3 is 48.5 Å². The molecule has 0 rings (SSSR count). The molecule has 15 nitrogen and oxygen atoms in total. The van der Waals surface area contributed by atoms with E-state index in [1.54, 1.807) is 0 Å². The number of carbonyl (C=O) groups excluding carboxylic acids is 3. The summed E-state index contributed by atoms with van der Waals surface area (Å²) in [6.45, 7) is 0. The summed E-state index contributed by atoms with van der Waals surface area (Å²) in [5.74, 6) is -6.04. The number of ketones is 2. The van der Waals surface area contributed by atoms with Crippen LogP contribution in [0.2, 0.25) is 0 Å². The van der Waals surface area contributed by atoms with Crippen LogP contribution in [0, 0.1) is 5.31 Å². The predicted molar refractivity (Wildman–Crippen MR) is 105 cm³/mol. The fourth-order valence-electron chi connectivity index (χ4n) is 1.19. The number of rotatable bonds is 12. The van der Waals surface area contributed by atoms with Crippen molar-refractivity contribution in [1.82, 2.24) is 0 Å². The Kier molecular flexibility index (Phi) is 23.8. The van der Waals surface area contributed by atoms with E-state index in [4.69, 9.17) is 22.0 Å². The van der Waals surface area contributed by atoms with E-state index >= 15 is 0 Å². The predicted octanol–water partition coefficient (Wildman–Crippen LogP) is -0.948. The summed E-state index contributed by atoms with van der Waals surface area (Å²) in [7, 11) is 0.00439. The molecule has 0 bridgehead atoms. The van der Waals surface area contributed by atoms with Crippen molar-refractivity contribution in [3.05, 3.63) is 0 Å². The molecule has 0 spiro atoms. The van der Waals surface area contributed by atoms with E-state index in [-0.39, 0.29) is 38.5 Å². The minimum absolute atomic E-state index is 0.0705. The van der Waals surface area contributed by atoms with Crippen LogP contribution in [0.4, 0.5) is 0 Å². The van der Waals surface area contributed by atoms with Gasteiger partial charge in [-0.3, -0.25) is 27.5 Å². The number of carbonyl (C=O) groups is 6. The molecule has 0 saturated heterocycles. The minimum atomic E-state index is -3.66. The number of esters is 1. The molecule has 0 radical (unpaired) electrons. The first-order valence-electron chi connectivity index (χ1n) is 8.77. The van der Waals surface area contributed by atoms with E-state index in [9.17, 15) is 37.2 Å². The van der Waals surface area contributed by atoms with Gasteiger partial charge in [0.25, 0.3) is 0 Å². The van der Waals surface area contributed by atoms with Crippen LogP contribution < -0.4 is 0 Å². The monoisotopic (exact) mass is 488 g/mol. The van der Waals surface area contributed by atoms with Crippen molar-refractivity contribution in [2.24, 2.45) is 0 Å². The summed E-state index contributed by atoms with van der Waals surface area (Å²) in [5, 5.41) is 30.1. The van der Waals surface area contributed by atoms with Crippen LogP contribution in [-0.4, -0.2) is 89.4 Å². The zero-order valence-corrected chi connectivity index (χ0v) is 18.4. The van der Waals surface area contributed by atoms with Crippen molar-refractivity contribution < 1.29 is 65.6 Å². The zero-order valence-electron chi connectivity index (χ0n) is 18.6. The Hall–Kier alpha value is -3.05. The molecule has 0 amide bonds. The van der Waals surface area contributed by atoms with Gasteiger partial charge in [-0.25, -0.2) is 9.59 Å². The first kappa shape index (κ1) is 33.6. The number of carboxylic acid groups (broad SMARTS) is 3. The molecule has 0 aromatic heterocycles. The van der Waals surface area contributed by atoms with Crippen LogP contribution in [0.15, 0.2) is 0 Å². The van der Waals surface area contributed by atoms with Gasteiger partial charge in [0.05, 0.1) is 21.3 Å². The van der Waals surface area contributed by atoms with E-state index in [0.717, 1.165) is 21.3 Å². The number of Topliss-reactive ketones (excluding diaryl/α,β-unsaturated/α-hetero) is 2. The molecule has 0 unspecified atom stereocenters. The van der Waals surface area contributed by atoms with E-state index in [1.807, 2.05) is 0 Å². The van der Waals surface area contributed by atoms with Crippen molar-refractivity contribution in [3.63, 3.8) is 0 Å². The maximum absolute atomic E-state index is 10.7. The zero-order chi connectivity index (χ0) is 27.0. The van der Waals surface area contributed by atoms with Crippen molar-refractivity contribution in [3.8, 4) is 0 Å². The summed E-state index contributed by atoms with van der Waals surface area (Å²) in [6, 6.07) is 0. The van der Waals surface area contributed by atoms with Gasteiger partial charge in [-0.2, -0.15) is 8.42 Å². The second-order valence-corrected chi connectivity index (χ2v) is 6.36. The fraction of sp³-hybridized carbons (Fsp3) is 0.600. The Bertz CT molecular complexity index is 746. The SMILES string of the molecule is COC(=O)C(=O)CCCC(=O)O.COS(=O)(=O)OC.O=C(O)CCCC(=O)C(=O)O.[2H]B=N. The fourth-order valence-corrected chi connectivity index (χ4v) is 1.33. The third-order valence-electron chi connectivity index (χ3n) is 2.65. The quantitative estimate of drug-likeness (QED) is 0.147. The molecule has 4 N–H and O–H groups in total. The van der Waals surface area contributed by atoms with Gasteiger partial charge in [-0.05, 0) is 12.8 Å². The Labute approximate surface area is 186 Å². The first-order chi connectivity index (χ1) is 15.1. The second-order valence-electron chi connectivity index (χ2n) is 4.88. The van der Waals surface area contributed by atoms with Gasteiger partial charge in [0.1, 0.15) is 0 Å². The van der Waals surface area contributed by atoms with Crippen molar-refractivity contribution >= 4 is 53.4 Å². The molecule has 17 heteroatoms. The van der Waals surface area contributed by atoms with Crippen LogP contribution in [-0.2, 0) is 52.3 Å². The molecule has 0 aromatic rings. The number of hydrogen-bond acceptors (Lipinski definition) is 12. The number of nitrogens with one attached hydrogen (secondary N) is 1. The van der Waals surface area contributed by atoms with Crippen LogP contribution >= 0.6 is 0 Å². The van der Waals surface area contributed by atoms with Gasteiger partial charge in [-0.15, -0.1) is 0 Å². The van der Waals surface area contributed by atoms with E-state index in [0.29, 0.717) is 7.60 Å². The summed E-state index contributed by atoms with van der Waals surface area (Å²) in [6.07, 6.45) is -0.300. The number of methoxy groups -OCH3 is 1. The summed E-state index contributed by atoms with van der Waals surface area (Å²) < 4.78 is 37.4. The molecule has 0 saturated carbocycles. The third kappa shape index (κ3) is 29.2. The molecule has 0 aliphatic heterocycles. The first-order valence-corrected chi connectivity index (χ1v) is 9.53. The van der Waals surface area contributed by atoms with E-state index in [1.165, 1.54) is 0 Å². The average molecular weight is 488 g/mol. The van der Waals surface area contributed by atoms with E-state index < -0.39 is 45.8 Å². The topological polar surface area (TPSA) is 249 Å². The van der Waals surface area contributed by atoms with Crippen LogP contribution in [0.3, 0.4) is 0 Å². The molecule has 0 heterocycles. The normalized spacial score (nSPS) is 9.41. The summed E-state index contributed by atoms with van der Waals surface area (Å²) >= 11 is 0. The molecule has 0 aliphatic carbocycles. The van der Waals surface area contributed by atoms with E-state index in [2.05, 4.69) is 13.1 Å². The molecule has 32 heavy (non-hydrogen) atoms. The molecule has 0 fully saturated rings. The Balaban J connectivity index is -0.000000185. The molecular formula is C15H26BNO14S. The van der Waals surface area contributed by atoms with Gasteiger partial charge in [-0.1, -0.05) is 0 Å². The Morgan fingerprint density at radius 2 is 1.16 bits per heavy atom. The number of hydrogen-bond donors (Lipinski definition) is 4. The third-order valence-corrected chi connectivity index (χ3v) is 3.47. The Morgan fingerprint density at radius 1 is 0.812 bits per heavy atom. The van der Waals surface area contributed by atoms with Gasteiger partial charge in [0.2, 0.25) is 11.6 Å². The standard InChI is InChI=1S/C7H10O5.C6H8O5.C2H6O4S.BH2N/c1-12-7(11)5(8)3-2-4-6(9)10;7-4(6(10)11)2-1-3-5(8)9;1-5-7(3,4)6-2;1-2/h2-4H2,1H3,(H,9,10);1-3H2,(H,8,9)(H,10,11);1-2H3;1-2H/i;;;1D. The van der Waals surface area contributed by atoms with Gasteiger partial charge in [0, 0.05) is 25.7 Å². The van der Waals surface area contributed by atoms with Crippen LogP contribution in [0.5, 0.6) is 0 Å². The average Bonchev–Trinajstić information content (AvgIpc) is 2.73. The van der Waals surface area contributed by atoms with Crippen LogP contribution in [0.25, 0.3) is 0 Å².